The molecule has 0 radical (unpaired) electrons. The van der Waals surface area contributed by atoms with Crippen molar-refractivity contribution in [3.05, 3.63) is 24.0 Å². The van der Waals surface area contributed by atoms with E-state index in [1.165, 1.54) is 0 Å². The first-order chi connectivity index (χ1) is 8.63. The van der Waals surface area contributed by atoms with Crippen molar-refractivity contribution in [3.8, 4) is 0 Å². The standard InChI is InChI=1S/C13H21N3O2/c1-15(8-4-3-5-9-17)13(18)7-6-12-10-14-16(2)11-12/h6-7,10-11,17H,3-5,8-9H2,1-2H3/b7-6+. The van der Waals surface area contributed by atoms with Gasteiger partial charge in [-0.25, -0.2) is 0 Å². The van der Waals surface area contributed by atoms with Crippen molar-refractivity contribution < 1.29 is 9.90 Å². The summed E-state index contributed by atoms with van der Waals surface area (Å²) in [5, 5.41) is 12.7. The molecule has 18 heavy (non-hydrogen) atoms. The number of aryl methyl sites for hydroxylation is 1. The fourth-order valence-electron chi connectivity index (χ4n) is 1.57. The Balaban J connectivity index is 2.33. The molecule has 0 saturated carbocycles. The minimum Gasteiger partial charge on any atom is -0.396 e. The first kappa shape index (κ1) is 14.4. The molecule has 0 spiro atoms. The number of aliphatic hydroxyl groups is 1. The molecule has 100 valence electrons. The van der Waals surface area contributed by atoms with Crippen LogP contribution in [-0.2, 0) is 11.8 Å². The minimum absolute atomic E-state index is 0.0112. The molecule has 5 nitrogen and oxygen atoms in total. The number of nitrogens with zero attached hydrogens (tertiary/aromatic N) is 3. The number of likely N-dealkylation sites (N-methyl/N-ethyl adjacent to an activating group) is 1. The average Bonchev–Trinajstić information content (AvgIpc) is 2.77. The van der Waals surface area contributed by atoms with E-state index in [2.05, 4.69) is 5.10 Å². The van der Waals surface area contributed by atoms with Gasteiger partial charge in [0.1, 0.15) is 0 Å². The van der Waals surface area contributed by atoms with Crippen molar-refractivity contribution in [2.24, 2.45) is 7.05 Å². The van der Waals surface area contributed by atoms with Gasteiger partial charge in [-0.2, -0.15) is 5.10 Å². The molecule has 0 atom stereocenters. The molecule has 0 aliphatic rings. The molecule has 0 unspecified atom stereocenters. The van der Waals surface area contributed by atoms with Crippen LogP contribution >= 0.6 is 0 Å². The van der Waals surface area contributed by atoms with E-state index in [-0.39, 0.29) is 12.5 Å². The van der Waals surface area contributed by atoms with Gasteiger partial charge in [-0.05, 0) is 25.3 Å². The number of hydrogen-bond acceptors (Lipinski definition) is 3. The van der Waals surface area contributed by atoms with Crippen molar-refractivity contribution in [1.82, 2.24) is 14.7 Å². The van der Waals surface area contributed by atoms with E-state index in [0.717, 1.165) is 31.4 Å². The third-order valence-electron chi connectivity index (χ3n) is 2.67. The molecule has 0 aliphatic heterocycles. The summed E-state index contributed by atoms with van der Waals surface area (Å²) in [5.41, 5.74) is 0.916. The van der Waals surface area contributed by atoms with Crippen LogP contribution in [0.15, 0.2) is 18.5 Å². The first-order valence-electron chi connectivity index (χ1n) is 6.16. The summed E-state index contributed by atoms with van der Waals surface area (Å²) in [6, 6.07) is 0. The third kappa shape index (κ3) is 5.14. The van der Waals surface area contributed by atoms with Crippen molar-refractivity contribution >= 4 is 12.0 Å². The molecule has 1 aromatic rings. The van der Waals surface area contributed by atoms with Crippen LogP contribution in [0, 0.1) is 0 Å². The zero-order chi connectivity index (χ0) is 13.4. The molecule has 1 amide bonds. The number of aromatic nitrogens is 2. The van der Waals surface area contributed by atoms with Gasteiger partial charge >= 0.3 is 0 Å². The van der Waals surface area contributed by atoms with Crippen molar-refractivity contribution in [3.63, 3.8) is 0 Å². The lowest BCUT2D eigenvalue weighted by Crippen LogP contribution is -2.25. The Labute approximate surface area is 108 Å². The minimum atomic E-state index is -0.0112. The van der Waals surface area contributed by atoms with Crippen LogP contribution in [0.25, 0.3) is 6.08 Å². The van der Waals surface area contributed by atoms with Gasteiger partial charge < -0.3 is 10.0 Å². The van der Waals surface area contributed by atoms with Crippen LogP contribution in [0.5, 0.6) is 0 Å². The second-order valence-electron chi connectivity index (χ2n) is 4.32. The predicted octanol–water partition coefficient (Wildman–Crippen LogP) is 1.05. The molecule has 1 rings (SSSR count). The number of carbonyl (C=O) groups is 1. The molecule has 0 aromatic carbocycles. The first-order valence-corrected chi connectivity index (χ1v) is 6.16. The fraction of sp³-hybridized carbons (Fsp3) is 0.538. The lowest BCUT2D eigenvalue weighted by atomic mass is 10.2. The van der Waals surface area contributed by atoms with E-state index in [0.29, 0.717) is 0 Å². The Kier molecular flexibility index (Phi) is 6.14. The lowest BCUT2D eigenvalue weighted by molar-refractivity contribution is -0.124. The Morgan fingerprint density at radius 3 is 2.89 bits per heavy atom. The molecule has 1 N–H and O–H groups in total. The van der Waals surface area contributed by atoms with Gasteiger partial charge in [0.15, 0.2) is 0 Å². The summed E-state index contributed by atoms with van der Waals surface area (Å²) in [4.78, 5) is 13.4. The van der Waals surface area contributed by atoms with Crippen molar-refractivity contribution in [2.75, 3.05) is 20.2 Å². The second kappa shape index (κ2) is 7.66. The van der Waals surface area contributed by atoms with Crippen LogP contribution in [0.4, 0.5) is 0 Å². The largest absolute Gasteiger partial charge is 0.396 e. The summed E-state index contributed by atoms with van der Waals surface area (Å²) < 4.78 is 1.70. The van der Waals surface area contributed by atoms with Gasteiger partial charge in [0.05, 0.1) is 6.20 Å². The van der Waals surface area contributed by atoms with E-state index < -0.39 is 0 Å². The van der Waals surface area contributed by atoms with Gasteiger partial charge in [-0.3, -0.25) is 9.48 Å². The summed E-state index contributed by atoms with van der Waals surface area (Å²) in [6.45, 7) is 0.939. The van der Waals surface area contributed by atoms with Gasteiger partial charge in [-0.1, -0.05) is 0 Å². The predicted molar refractivity (Wildman–Crippen MR) is 70.8 cm³/mol. The molecular weight excluding hydrogens is 230 g/mol. The van der Waals surface area contributed by atoms with E-state index >= 15 is 0 Å². The third-order valence-corrected chi connectivity index (χ3v) is 2.67. The highest BCUT2D eigenvalue weighted by Crippen LogP contribution is 2.01. The fourth-order valence-corrected chi connectivity index (χ4v) is 1.57. The molecule has 0 fully saturated rings. The molecular formula is C13H21N3O2. The van der Waals surface area contributed by atoms with Crippen LogP contribution in [-0.4, -0.2) is 45.9 Å². The van der Waals surface area contributed by atoms with Gasteiger partial charge in [0.2, 0.25) is 5.91 Å². The SMILES string of the molecule is CN(CCCCCO)C(=O)/C=C/c1cnn(C)c1. The Hall–Kier alpha value is -1.62. The highest BCUT2D eigenvalue weighted by Gasteiger charge is 2.04. The van der Waals surface area contributed by atoms with Crippen LogP contribution in [0.3, 0.4) is 0 Å². The molecule has 1 aromatic heterocycles. The average molecular weight is 251 g/mol. The number of rotatable bonds is 7. The van der Waals surface area contributed by atoms with Crippen LogP contribution < -0.4 is 0 Å². The second-order valence-corrected chi connectivity index (χ2v) is 4.32. The summed E-state index contributed by atoms with van der Waals surface area (Å²) >= 11 is 0. The monoisotopic (exact) mass is 251 g/mol. The number of hydrogen-bond donors (Lipinski definition) is 1. The zero-order valence-corrected chi connectivity index (χ0v) is 11.0. The number of unbranched alkanes of at least 4 members (excludes halogenated alkanes) is 2. The Bertz CT molecular complexity index is 399. The van der Waals surface area contributed by atoms with E-state index in [9.17, 15) is 4.79 Å². The summed E-state index contributed by atoms with van der Waals surface area (Å²) in [7, 11) is 3.63. The smallest absolute Gasteiger partial charge is 0.246 e. The maximum absolute atomic E-state index is 11.7. The quantitative estimate of drug-likeness (QED) is 0.582. The van der Waals surface area contributed by atoms with Crippen molar-refractivity contribution in [1.29, 1.82) is 0 Å². The molecule has 0 saturated heterocycles. The van der Waals surface area contributed by atoms with Gasteiger partial charge in [0.25, 0.3) is 0 Å². The van der Waals surface area contributed by atoms with E-state index in [1.807, 2.05) is 13.2 Å². The summed E-state index contributed by atoms with van der Waals surface area (Å²) in [6.07, 6.45) is 9.55. The van der Waals surface area contributed by atoms with E-state index in [4.69, 9.17) is 5.11 Å². The van der Waals surface area contributed by atoms with E-state index in [1.54, 1.807) is 35.0 Å². The Morgan fingerprint density at radius 2 is 2.28 bits per heavy atom. The van der Waals surface area contributed by atoms with Gasteiger partial charge in [0, 0.05) is 45.1 Å². The zero-order valence-electron chi connectivity index (χ0n) is 11.0. The topological polar surface area (TPSA) is 58.4 Å². The maximum atomic E-state index is 11.7. The molecule has 5 heteroatoms. The van der Waals surface area contributed by atoms with Crippen molar-refractivity contribution in [2.45, 2.75) is 19.3 Å². The highest BCUT2D eigenvalue weighted by molar-refractivity contribution is 5.91. The normalized spacial score (nSPS) is 11.1. The van der Waals surface area contributed by atoms with Gasteiger partial charge in [-0.15, -0.1) is 0 Å². The highest BCUT2D eigenvalue weighted by atomic mass is 16.2. The molecule has 0 aliphatic carbocycles. The Morgan fingerprint density at radius 1 is 1.50 bits per heavy atom. The lowest BCUT2D eigenvalue weighted by Gasteiger charge is -2.14. The molecule has 1 heterocycles. The molecule has 0 bridgehead atoms. The number of aliphatic hydroxyl groups excluding tert-OH is 1. The van der Waals surface area contributed by atoms with Crippen LogP contribution in [0.2, 0.25) is 0 Å². The maximum Gasteiger partial charge on any atom is 0.246 e. The number of carbonyl (C=O) groups excluding carboxylic acids is 1. The number of amides is 1. The summed E-state index contributed by atoms with van der Waals surface area (Å²) in [5.74, 6) is -0.0112. The van der Waals surface area contributed by atoms with Crippen LogP contribution in [0.1, 0.15) is 24.8 Å².